The third kappa shape index (κ3) is 1.70. The summed E-state index contributed by atoms with van der Waals surface area (Å²) in [6, 6.07) is 2.23. The summed E-state index contributed by atoms with van der Waals surface area (Å²) in [5, 5.41) is 0. The van der Waals surface area contributed by atoms with Crippen LogP contribution in [0.1, 0.15) is 53.3 Å². The van der Waals surface area contributed by atoms with E-state index in [9.17, 15) is 9.59 Å². The van der Waals surface area contributed by atoms with Crippen LogP contribution in [0, 0.1) is 13.8 Å². The molecule has 3 nitrogen and oxygen atoms in total. The van der Waals surface area contributed by atoms with Gasteiger partial charge >= 0.3 is 0 Å². The van der Waals surface area contributed by atoms with E-state index >= 15 is 0 Å². The highest BCUT2D eigenvalue weighted by Crippen LogP contribution is 2.29. The quantitative estimate of drug-likeness (QED) is 0.716. The Labute approximate surface area is 95.1 Å². The Bertz CT molecular complexity index is 468. The number of aromatic nitrogens is 1. The summed E-state index contributed by atoms with van der Waals surface area (Å²) in [5.41, 5.74) is 1.96. The molecule has 0 aromatic carbocycles. The van der Waals surface area contributed by atoms with Crippen LogP contribution in [0.25, 0.3) is 0 Å². The number of rotatable bonds is 2. The van der Waals surface area contributed by atoms with Gasteiger partial charge in [-0.3, -0.25) is 9.59 Å². The number of aryl methyl sites for hydroxylation is 2. The topological polar surface area (TPSA) is 39.1 Å². The van der Waals surface area contributed by atoms with Crippen molar-refractivity contribution in [3.63, 3.8) is 0 Å². The summed E-state index contributed by atoms with van der Waals surface area (Å²) in [6.45, 7) is 3.76. The lowest BCUT2D eigenvalue weighted by molar-refractivity contribution is 0.112. The van der Waals surface area contributed by atoms with Crippen LogP contribution in [-0.2, 0) is 0 Å². The SMILES string of the molecule is Cc1cc(C)n(C2CCCC2)c(=O)c1C=O. The Morgan fingerprint density at radius 3 is 2.50 bits per heavy atom. The molecule has 0 N–H and O–H groups in total. The molecule has 0 aliphatic heterocycles. The Balaban J connectivity index is 2.60. The number of hydrogen-bond donors (Lipinski definition) is 0. The van der Waals surface area contributed by atoms with Crippen LogP contribution in [-0.4, -0.2) is 10.9 Å². The molecule has 86 valence electrons. The van der Waals surface area contributed by atoms with E-state index in [1.807, 2.05) is 24.5 Å². The summed E-state index contributed by atoms with van der Waals surface area (Å²) in [5.74, 6) is 0. The van der Waals surface area contributed by atoms with E-state index in [-0.39, 0.29) is 5.56 Å². The van der Waals surface area contributed by atoms with Crippen LogP contribution in [0.3, 0.4) is 0 Å². The van der Waals surface area contributed by atoms with Gasteiger partial charge in [0.2, 0.25) is 0 Å². The fourth-order valence-corrected chi connectivity index (χ4v) is 2.68. The van der Waals surface area contributed by atoms with E-state index < -0.39 is 0 Å². The standard InChI is InChI=1S/C13H17NO2/c1-9-7-10(2)14(11-5-3-4-6-11)13(16)12(9)8-15/h7-8,11H,3-6H2,1-2H3. The van der Waals surface area contributed by atoms with Crippen LogP contribution < -0.4 is 5.56 Å². The van der Waals surface area contributed by atoms with Crippen molar-refractivity contribution in [1.82, 2.24) is 4.57 Å². The first-order valence-corrected chi connectivity index (χ1v) is 5.83. The first-order valence-electron chi connectivity index (χ1n) is 5.83. The van der Waals surface area contributed by atoms with Crippen LogP contribution >= 0.6 is 0 Å². The molecule has 1 fully saturated rings. The molecule has 2 rings (SSSR count). The van der Waals surface area contributed by atoms with Gasteiger partial charge in [-0.05, 0) is 38.3 Å². The molecule has 1 aromatic rings. The summed E-state index contributed by atoms with van der Waals surface area (Å²) in [7, 11) is 0. The lowest BCUT2D eigenvalue weighted by Crippen LogP contribution is -2.29. The zero-order valence-electron chi connectivity index (χ0n) is 9.82. The maximum atomic E-state index is 12.2. The molecule has 0 radical (unpaired) electrons. The molecular weight excluding hydrogens is 202 g/mol. The molecule has 1 aliphatic rings. The Morgan fingerprint density at radius 2 is 1.94 bits per heavy atom. The first-order chi connectivity index (χ1) is 7.65. The van der Waals surface area contributed by atoms with Crippen molar-refractivity contribution < 1.29 is 4.79 Å². The second kappa shape index (κ2) is 4.24. The van der Waals surface area contributed by atoms with Gasteiger partial charge in [0, 0.05) is 11.7 Å². The highest BCUT2D eigenvalue weighted by atomic mass is 16.1. The monoisotopic (exact) mass is 219 g/mol. The predicted molar refractivity (Wildman–Crippen MR) is 63.1 cm³/mol. The minimum absolute atomic E-state index is 0.112. The van der Waals surface area contributed by atoms with Gasteiger partial charge in [-0.25, -0.2) is 0 Å². The van der Waals surface area contributed by atoms with Gasteiger partial charge in [0.05, 0.1) is 5.56 Å². The van der Waals surface area contributed by atoms with Gasteiger partial charge < -0.3 is 4.57 Å². The molecule has 3 heteroatoms. The zero-order chi connectivity index (χ0) is 11.7. The van der Waals surface area contributed by atoms with Gasteiger partial charge in [0.25, 0.3) is 5.56 Å². The second-order valence-electron chi connectivity index (χ2n) is 4.61. The lowest BCUT2D eigenvalue weighted by Gasteiger charge is -2.18. The minimum Gasteiger partial charge on any atom is -0.309 e. The van der Waals surface area contributed by atoms with Gasteiger partial charge in [-0.1, -0.05) is 12.8 Å². The zero-order valence-corrected chi connectivity index (χ0v) is 9.82. The van der Waals surface area contributed by atoms with E-state index in [1.54, 1.807) is 0 Å². The van der Waals surface area contributed by atoms with Gasteiger partial charge in [0.1, 0.15) is 0 Å². The normalized spacial score (nSPS) is 16.6. The maximum Gasteiger partial charge on any atom is 0.261 e. The Morgan fingerprint density at radius 1 is 1.31 bits per heavy atom. The highest BCUT2D eigenvalue weighted by molar-refractivity contribution is 5.76. The third-order valence-corrected chi connectivity index (χ3v) is 3.49. The smallest absolute Gasteiger partial charge is 0.261 e. The average Bonchev–Trinajstić information content (AvgIpc) is 2.70. The Hall–Kier alpha value is -1.38. The van der Waals surface area contributed by atoms with Gasteiger partial charge in [-0.15, -0.1) is 0 Å². The molecular formula is C13H17NO2. The van der Waals surface area contributed by atoms with E-state index in [0.29, 0.717) is 17.9 Å². The Kier molecular flexibility index (Phi) is 2.95. The second-order valence-corrected chi connectivity index (χ2v) is 4.61. The summed E-state index contributed by atoms with van der Waals surface area (Å²) < 4.78 is 1.81. The van der Waals surface area contributed by atoms with Crippen molar-refractivity contribution in [1.29, 1.82) is 0 Å². The lowest BCUT2D eigenvalue weighted by atomic mass is 10.1. The fraction of sp³-hybridized carbons (Fsp3) is 0.538. The summed E-state index contributed by atoms with van der Waals surface area (Å²) in [4.78, 5) is 23.1. The molecule has 1 aliphatic carbocycles. The number of pyridine rings is 1. The number of hydrogen-bond acceptors (Lipinski definition) is 2. The number of nitrogens with zero attached hydrogens (tertiary/aromatic N) is 1. The van der Waals surface area contributed by atoms with Gasteiger partial charge in [-0.2, -0.15) is 0 Å². The summed E-state index contributed by atoms with van der Waals surface area (Å²) >= 11 is 0. The third-order valence-electron chi connectivity index (χ3n) is 3.49. The van der Waals surface area contributed by atoms with E-state index in [1.165, 1.54) is 12.8 Å². The van der Waals surface area contributed by atoms with Crippen LogP contribution in [0.5, 0.6) is 0 Å². The van der Waals surface area contributed by atoms with E-state index in [0.717, 1.165) is 24.1 Å². The molecule has 16 heavy (non-hydrogen) atoms. The number of carbonyl (C=O) groups is 1. The molecule has 0 unspecified atom stereocenters. The van der Waals surface area contributed by atoms with E-state index in [4.69, 9.17) is 0 Å². The fourth-order valence-electron chi connectivity index (χ4n) is 2.68. The van der Waals surface area contributed by atoms with Crippen molar-refractivity contribution in [3.05, 3.63) is 33.2 Å². The largest absolute Gasteiger partial charge is 0.309 e. The summed E-state index contributed by atoms with van der Waals surface area (Å²) in [6.07, 6.45) is 5.16. The molecule has 0 atom stereocenters. The maximum absolute atomic E-state index is 12.2. The van der Waals surface area contributed by atoms with E-state index in [2.05, 4.69) is 0 Å². The number of aldehydes is 1. The average molecular weight is 219 g/mol. The van der Waals surface area contributed by atoms with Gasteiger partial charge in [0.15, 0.2) is 6.29 Å². The van der Waals surface area contributed by atoms with Crippen molar-refractivity contribution in [2.75, 3.05) is 0 Å². The molecule has 0 amide bonds. The molecule has 0 spiro atoms. The van der Waals surface area contributed by atoms with Crippen molar-refractivity contribution >= 4 is 6.29 Å². The molecule has 1 saturated carbocycles. The molecule has 1 heterocycles. The first kappa shape index (κ1) is 11.1. The predicted octanol–water partition coefficient (Wildman–Crippen LogP) is 2.39. The minimum atomic E-state index is -0.112. The molecule has 0 bridgehead atoms. The van der Waals surface area contributed by atoms with Crippen molar-refractivity contribution in [2.24, 2.45) is 0 Å². The molecule has 1 aromatic heterocycles. The van der Waals surface area contributed by atoms with Crippen molar-refractivity contribution in [3.8, 4) is 0 Å². The molecule has 0 saturated heterocycles. The van der Waals surface area contributed by atoms with Crippen molar-refractivity contribution in [2.45, 2.75) is 45.6 Å². The van der Waals surface area contributed by atoms with Crippen LogP contribution in [0.4, 0.5) is 0 Å². The number of carbonyl (C=O) groups excluding carboxylic acids is 1. The van der Waals surface area contributed by atoms with Crippen LogP contribution in [0.15, 0.2) is 10.9 Å². The highest BCUT2D eigenvalue weighted by Gasteiger charge is 2.21. The van der Waals surface area contributed by atoms with Crippen LogP contribution in [0.2, 0.25) is 0 Å².